The van der Waals surface area contributed by atoms with Crippen LogP contribution in [0.1, 0.15) is 36.8 Å². The van der Waals surface area contributed by atoms with Crippen LogP contribution in [0.3, 0.4) is 0 Å². The van der Waals surface area contributed by atoms with Crippen LogP contribution in [0.5, 0.6) is 0 Å². The van der Waals surface area contributed by atoms with Crippen LogP contribution in [0.25, 0.3) is 0 Å². The molecule has 1 saturated heterocycles. The van der Waals surface area contributed by atoms with Gasteiger partial charge in [-0.1, -0.05) is 17.7 Å². The Kier molecular flexibility index (Phi) is 5.00. The molecule has 21 heavy (non-hydrogen) atoms. The fraction of sp³-hybridized carbons (Fsp3) is 0.533. The molecule has 0 aromatic heterocycles. The molecular formula is C15H21NO4S. The Morgan fingerprint density at radius 3 is 2.76 bits per heavy atom. The first kappa shape index (κ1) is 16.0. The van der Waals surface area contributed by atoms with Crippen LogP contribution < -0.4 is 4.72 Å². The van der Waals surface area contributed by atoms with Crippen LogP contribution in [-0.4, -0.2) is 27.0 Å². The summed E-state index contributed by atoms with van der Waals surface area (Å²) in [6, 6.07) is 5.03. The highest BCUT2D eigenvalue weighted by atomic mass is 32.2. The van der Waals surface area contributed by atoms with Gasteiger partial charge in [-0.15, -0.1) is 0 Å². The molecule has 2 rings (SSSR count). The second-order valence-electron chi connectivity index (χ2n) is 5.47. The summed E-state index contributed by atoms with van der Waals surface area (Å²) in [4.78, 5) is 12.0. The molecule has 0 radical (unpaired) electrons. The van der Waals surface area contributed by atoms with Crippen LogP contribution in [0.15, 0.2) is 23.1 Å². The molecule has 1 amide bonds. The van der Waals surface area contributed by atoms with Gasteiger partial charge in [0.25, 0.3) is 10.0 Å². The quantitative estimate of drug-likeness (QED) is 0.903. The molecule has 0 saturated carbocycles. The van der Waals surface area contributed by atoms with Crippen LogP contribution in [-0.2, 0) is 19.6 Å². The molecule has 116 valence electrons. The predicted molar refractivity (Wildman–Crippen MR) is 79.5 cm³/mol. The SMILES string of the molecule is Cc1ccc(S(=O)(=O)NC(=O)CCC2CCCO2)c(C)c1. The Balaban J connectivity index is 1.97. The first-order valence-corrected chi connectivity index (χ1v) is 8.61. The number of carbonyl (C=O) groups excluding carboxylic acids is 1. The maximum atomic E-state index is 12.2. The van der Waals surface area contributed by atoms with Gasteiger partial charge < -0.3 is 4.74 Å². The van der Waals surface area contributed by atoms with Crippen molar-refractivity contribution in [2.24, 2.45) is 0 Å². The molecular weight excluding hydrogens is 290 g/mol. The lowest BCUT2D eigenvalue weighted by atomic mass is 10.1. The lowest BCUT2D eigenvalue weighted by Gasteiger charge is -2.11. The highest BCUT2D eigenvalue weighted by Gasteiger charge is 2.21. The summed E-state index contributed by atoms with van der Waals surface area (Å²) in [5, 5.41) is 0. The van der Waals surface area contributed by atoms with E-state index in [4.69, 9.17) is 4.74 Å². The number of carbonyl (C=O) groups is 1. The number of sulfonamides is 1. The molecule has 1 aliphatic rings. The number of hydrogen-bond donors (Lipinski definition) is 1. The largest absolute Gasteiger partial charge is 0.378 e. The molecule has 1 unspecified atom stereocenters. The van der Waals surface area contributed by atoms with Gasteiger partial charge in [-0.3, -0.25) is 4.79 Å². The summed E-state index contributed by atoms with van der Waals surface area (Å²) in [6.45, 7) is 4.34. The van der Waals surface area contributed by atoms with Crippen molar-refractivity contribution in [1.29, 1.82) is 0 Å². The van der Waals surface area contributed by atoms with Crippen molar-refractivity contribution < 1.29 is 17.9 Å². The monoisotopic (exact) mass is 311 g/mol. The van der Waals surface area contributed by atoms with E-state index in [9.17, 15) is 13.2 Å². The Labute approximate surface area is 125 Å². The van der Waals surface area contributed by atoms with Crippen molar-refractivity contribution >= 4 is 15.9 Å². The number of nitrogens with one attached hydrogen (secondary N) is 1. The normalized spacial score (nSPS) is 18.7. The highest BCUT2D eigenvalue weighted by molar-refractivity contribution is 7.90. The predicted octanol–water partition coefficient (Wildman–Crippen LogP) is 2.07. The van der Waals surface area contributed by atoms with E-state index in [0.29, 0.717) is 12.0 Å². The van der Waals surface area contributed by atoms with E-state index in [2.05, 4.69) is 4.72 Å². The van der Waals surface area contributed by atoms with Gasteiger partial charge in [0, 0.05) is 13.0 Å². The van der Waals surface area contributed by atoms with Crippen molar-refractivity contribution in [3.63, 3.8) is 0 Å². The van der Waals surface area contributed by atoms with Gasteiger partial charge in [0.05, 0.1) is 11.0 Å². The van der Waals surface area contributed by atoms with Gasteiger partial charge in [-0.05, 0) is 44.7 Å². The molecule has 1 aliphatic heterocycles. The third-order valence-electron chi connectivity index (χ3n) is 3.59. The second kappa shape index (κ2) is 6.58. The molecule has 0 spiro atoms. The van der Waals surface area contributed by atoms with Crippen LogP contribution in [0, 0.1) is 13.8 Å². The highest BCUT2D eigenvalue weighted by Crippen LogP contribution is 2.18. The van der Waals surface area contributed by atoms with Gasteiger partial charge in [0.2, 0.25) is 5.91 Å². The zero-order valence-corrected chi connectivity index (χ0v) is 13.2. The summed E-state index contributed by atoms with van der Waals surface area (Å²) in [5.41, 5.74) is 1.62. The lowest BCUT2D eigenvalue weighted by molar-refractivity contribution is -0.119. The van der Waals surface area contributed by atoms with E-state index in [-0.39, 0.29) is 17.4 Å². The van der Waals surface area contributed by atoms with Crippen molar-refractivity contribution in [2.45, 2.75) is 50.5 Å². The van der Waals surface area contributed by atoms with Crippen molar-refractivity contribution in [2.75, 3.05) is 6.61 Å². The van der Waals surface area contributed by atoms with E-state index >= 15 is 0 Å². The molecule has 1 aromatic rings. The van der Waals surface area contributed by atoms with Crippen LogP contribution >= 0.6 is 0 Å². The average molecular weight is 311 g/mol. The number of rotatable bonds is 5. The van der Waals surface area contributed by atoms with E-state index in [1.165, 1.54) is 6.07 Å². The van der Waals surface area contributed by atoms with Crippen molar-refractivity contribution in [1.82, 2.24) is 4.72 Å². The minimum absolute atomic E-state index is 0.0829. The molecule has 0 bridgehead atoms. The number of benzene rings is 1. The lowest BCUT2D eigenvalue weighted by Crippen LogP contribution is -2.31. The molecule has 1 fully saturated rings. The molecule has 0 aliphatic carbocycles. The Morgan fingerprint density at radius 2 is 2.14 bits per heavy atom. The molecule has 1 heterocycles. The molecule has 5 nitrogen and oxygen atoms in total. The Hall–Kier alpha value is -1.40. The number of amides is 1. The van der Waals surface area contributed by atoms with Crippen molar-refractivity contribution in [3.05, 3.63) is 29.3 Å². The van der Waals surface area contributed by atoms with E-state index in [1.807, 2.05) is 6.92 Å². The zero-order valence-electron chi connectivity index (χ0n) is 12.4. The van der Waals surface area contributed by atoms with Crippen molar-refractivity contribution in [3.8, 4) is 0 Å². The summed E-state index contributed by atoms with van der Waals surface area (Å²) in [6.07, 6.45) is 2.76. The van der Waals surface area contributed by atoms with Crippen LogP contribution in [0.4, 0.5) is 0 Å². The van der Waals surface area contributed by atoms with Crippen LogP contribution in [0.2, 0.25) is 0 Å². The molecule has 6 heteroatoms. The van der Waals surface area contributed by atoms with Gasteiger partial charge in [0.1, 0.15) is 0 Å². The second-order valence-corrected chi connectivity index (χ2v) is 7.12. The third-order valence-corrected chi connectivity index (χ3v) is 5.12. The van der Waals surface area contributed by atoms with E-state index in [1.54, 1.807) is 19.1 Å². The topological polar surface area (TPSA) is 72.5 Å². The molecule has 1 N–H and O–H groups in total. The first-order valence-electron chi connectivity index (χ1n) is 7.13. The third kappa shape index (κ3) is 4.28. The van der Waals surface area contributed by atoms with E-state index < -0.39 is 15.9 Å². The number of ether oxygens (including phenoxy) is 1. The van der Waals surface area contributed by atoms with E-state index in [0.717, 1.165) is 25.0 Å². The zero-order chi connectivity index (χ0) is 15.5. The fourth-order valence-electron chi connectivity index (χ4n) is 2.52. The fourth-order valence-corrected chi connectivity index (χ4v) is 3.76. The van der Waals surface area contributed by atoms with Gasteiger partial charge >= 0.3 is 0 Å². The molecule has 1 aromatic carbocycles. The summed E-state index contributed by atoms with van der Waals surface area (Å²) >= 11 is 0. The van der Waals surface area contributed by atoms with Gasteiger partial charge in [-0.25, -0.2) is 13.1 Å². The smallest absolute Gasteiger partial charge is 0.264 e. The Morgan fingerprint density at radius 1 is 1.38 bits per heavy atom. The average Bonchev–Trinajstić information content (AvgIpc) is 2.88. The molecule has 1 atom stereocenters. The summed E-state index contributed by atoms with van der Waals surface area (Å²) in [7, 11) is -3.79. The van der Waals surface area contributed by atoms with Gasteiger partial charge in [-0.2, -0.15) is 0 Å². The summed E-state index contributed by atoms with van der Waals surface area (Å²) in [5.74, 6) is -0.481. The number of hydrogen-bond acceptors (Lipinski definition) is 4. The minimum Gasteiger partial charge on any atom is -0.378 e. The minimum atomic E-state index is -3.79. The number of aryl methyl sites for hydroxylation is 2. The van der Waals surface area contributed by atoms with Gasteiger partial charge in [0.15, 0.2) is 0 Å². The Bertz CT molecular complexity index is 619. The maximum absolute atomic E-state index is 12.2. The summed E-state index contributed by atoms with van der Waals surface area (Å²) < 4.78 is 32.0. The first-order chi connectivity index (χ1) is 9.88. The maximum Gasteiger partial charge on any atom is 0.264 e. The standard InChI is InChI=1S/C15H21NO4S/c1-11-5-7-14(12(2)10-11)21(18,19)16-15(17)8-6-13-4-3-9-20-13/h5,7,10,13H,3-4,6,8-9H2,1-2H3,(H,16,17).